The van der Waals surface area contributed by atoms with Gasteiger partial charge >= 0.3 is 5.69 Å². The topological polar surface area (TPSA) is 51.0 Å². The van der Waals surface area contributed by atoms with Crippen LogP contribution in [0.2, 0.25) is 0 Å². The standard InChI is InChI=1S/C16H15BrN4OS/c1-20(2)13-12-14(18-15(23-12)9-6-7-9)21(16(22)19-13)11-5-3-4-10(17)8-11/h3-5,8-9H,6-7H2,1-2H3. The van der Waals surface area contributed by atoms with Crippen molar-refractivity contribution in [2.45, 2.75) is 18.8 Å². The van der Waals surface area contributed by atoms with Crippen LogP contribution in [-0.2, 0) is 0 Å². The summed E-state index contributed by atoms with van der Waals surface area (Å²) >= 11 is 5.12. The van der Waals surface area contributed by atoms with E-state index < -0.39 is 0 Å². The number of nitrogens with zero attached hydrogens (tertiary/aromatic N) is 4. The van der Waals surface area contributed by atoms with Crippen molar-refractivity contribution in [1.29, 1.82) is 0 Å². The Labute approximate surface area is 145 Å². The van der Waals surface area contributed by atoms with Gasteiger partial charge in [-0.1, -0.05) is 22.0 Å². The molecule has 1 saturated carbocycles. The summed E-state index contributed by atoms with van der Waals surface area (Å²) in [5.41, 5.74) is 1.19. The average Bonchev–Trinajstić information content (AvgIpc) is 3.26. The van der Waals surface area contributed by atoms with Crippen molar-refractivity contribution in [2.75, 3.05) is 19.0 Å². The van der Waals surface area contributed by atoms with Gasteiger partial charge in [-0.2, -0.15) is 4.98 Å². The number of hydrogen-bond donors (Lipinski definition) is 0. The van der Waals surface area contributed by atoms with Gasteiger partial charge in [-0.05, 0) is 31.0 Å². The van der Waals surface area contributed by atoms with Gasteiger partial charge in [-0.3, -0.25) is 0 Å². The molecule has 7 heteroatoms. The number of fused-ring (bicyclic) bond motifs is 1. The van der Waals surface area contributed by atoms with Crippen LogP contribution >= 0.6 is 27.3 Å². The SMILES string of the molecule is CN(C)c1nc(=O)n(-c2cccc(Br)c2)c2nc(C3CC3)sc12. The van der Waals surface area contributed by atoms with Crippen LogP contribution < -0.4 is 10.6 Å². The van der Waals surface area contributed by atoms with Gasteiger partial charge < -0.3 is 4.90 Å². The molecule has 0 unspecified atom stereocenters. The summed E-state index contributed by atoms with van der Waals surface area (Å²) < 4.78 is 3.50. The first-order valence-electron chi connectivity index (χ1n) is 7.41. The molecule has 1 aliphatic carbocycles. The molecule has 0 aliphatic heterocycles. The molecule has 0 amide bonds. The van der Waals surface area contributed by atoms with E-state index in [-0.39, 0.29) is 5.69 Å². The van der Waals surface area contributed by atoms with Gasteiger partial charge in [-0.25, -0.2) is 14.3 Å². The molecule has 1 aliphatic rings. The zero-order valence-electron chi connectivity index (χ0n) is 12.8. The minimum absolute atomic E-state index is 0.299. The van der Waals surface area contributed by atoms with Crippen LogP contribution in [-0.4, -0.2) is 28.6 Å². The molecule has 5 nitrogen and oxygen atoms in total. The third kappa shape index (κ3) is 2.57. The monoisotopic (exact) mass is 390 g/mol. The Kier molecular flexibility index (Phi) is 3.50. The highest BCUT2D eigenvalue weighted by atomic mass is 79.9. The van der Waals surface area contributed by atoms with Crippen molar-refractivity contribution in [3.63, 3.8) is 0 Å². The van der Waals surface area contributed by atoms with Gasteiger partial charge in [0.1, 0.15) is 4.70 Å². The van der Waals surface area contributed by atoms with E-state index in [0.717, 1.165) is 19.9 Å². The summed E-state index contributed by atoms with van der Waals surface area (Å²) in [6.45, 7) is 0. The Morgan fingerprint density at radius 3 is 2.74 bits per heavy atom. The molecule has 4 rings (SSSR count). The largest absolute Gasteiger partial charge is 0.361 e. The minimum atomic E-state index is -0.299. The zero-order valence-corrected chi connectivity index (χ0v) is 15.2. The van der Waals surface area contributed by atoms with Crippen LogP contribution in [0, 0.1) is 0 Å². The maximum absolute atomic E-state index is 12.6. The van der Waals surface area contributed by atoms with E-state index in [4.69, 9.17) is 4.98 Å². The van der Waals surface area contributed by atoms with Crippen molar-refractivity contribution in [1.82, 2.24) is 14.5 Å². The molecule has 2 heterocycles. The molecule has 23 heavy (non-hydrogen) atoms. The summed E-state index contributed by atoms with van der Waals surface area (Å²) in [5, 5.41) is 1.11. The Bertz CT molecular complexity index is 958. The number of halogens is 1. The van der Waals surface area contributed by atoms with Gasteiger partial charge in [0.05, 0.1) is 10.7 Å². The second-order valence-electron chi connectivity index (χ2n) is 5.91. The summed E-state index contributed by atoms with van der Waals surface area (Å²) in [6, 6.07) is 7.66. The molecule has 3 aromatic rings. The van der Waals surface area contributed by atoms with Crippen molar-refractivity contribution < 1.29 is 0 Å². The summed E-state index contributed by atoms with van der Waals surface area (Å²) in [5.74, 6) is 1.24. The molecule has 0 atom stereocenters. The zero-order chi connectivity index (χ0) is 16.1. The summed E-state index contributed by atoms with van der Waals surface area (Å²) in [7, 11) is 3.81. The molecule has 0 N–H and O–H groups in total. The van der Waals surface area contributed by atoms with Crippen LogP contribution in [0.1, 0.15) is 23.8 Å². The quantitative estimate of drug-likeness (QED) is 0.685. The fourth-order valence-corrected chi connectivity index (χ4v) is 4.24. The Balaban J connectivity index is 2.05. The fourth-order valence-electron chi connectivity index (χ4n) is 2.56. The van der Waals surface area contributed by atoms with Gasteiger partial charge in [-0.15, -0.1) is 11.3 Å². The van der Waals surface area contributed by atoms with E-state index in [2.05, 4.69) is 20.9 Å². The third-order valence-corrected chi connectivity index (χ3v) is 5.55. The normalized spacial score (nSPS) is 14.4. The number of aromatic nitrogens is 3. The second kappa shape index (κ2) is 5.42. The first-order chi connectivity index (χ1) is 11.0. The smallest absolute Gasteiger partial charge is 0.355 e. The van der Waals surface area contributed by atoms with E-state index in [9.17, 15) is 4.79 Å². The predicted molar refractivity (Wildman–Crippen MR) is 97.0 cm³/mol. The molecular formula is C16H15BrN4OS. The highest BCUT2D eigenvalue weighted by Gasteiger charge is 2.29. The Morgan fingerprint density at radius 2 is 2.09 bits per heavy atom. The molecule has 1 aromatic carbocycles. The number of benzene rings is 1. The lowest BCUT2D eigenvalue weighted by Crippen LogP contribution is -2.25. The first kappa shape index (κ1) is 14.8. The Morgan fingerprint density at radius 1 is 1.30 bits per heavy atom. The average molecular weight is 391 g/mol. The van der Waals surface area contributed by atoms with E-state index in [1.807, 2.05) is 43.3 Å². The van der Waals surface area contributed by atoms with Gasteiger partial charge in [0, 0.05) is 24.5 Å². The molecule has 2 aromatic heterocycles. The van der Waals surface area contributed by atoms with Crippen LogP contribution in [0.5, 0.6) is 0 Å². The molecule has 1 fully saturated rings. The summed E-state index contributed by atoms with van der Waals surface area (Å²) in [6.07, 6.45) is 2.37. The van der Waals surface area contributed by atoms with Crippen molar-refractivity contribution in [3.05, 3.63) is 44.2 Å². The van der Waals surface area contributed by atoms with Crippen molar-refractivity contribution in [3.8, 4) is 5.69 Å². The number of rotatable bonds is 3. The summed E-state index contributed by atoms with van der Waals surface area (Å²) in [4.78, 5) is 23.6. The van der Waals surface area contributed by atoms with Gasteiger partial charge in [0.15, 0.2) is 11.5 Å². The van der Waals surface area contributed by atoms with E-state index >= 15 is 0 Å². The number of anilines is 1. The van der Waals surface area contributed by atoms with E-state index in [0.29, 0.717) is 17.4 Å². The number of thiazole rings is 1. The molecule has 0 radical (unpaired) electrons. The maximum Gasteiger partial charge on any atom is 0.355 e. The highest BCUT2D eigenvalue weighted by Crippen LogP contribution is 2.44. The number of hydrogen-bond acceptors (Lipinski definition) is 5. The van der Waals surface area contributed by atoms with E-state index in [1.165, 1.54) is 12.8 Å². The van der Waals surface area contributed by atoms with Gasteiger partial charge in [0.2, 0.25) is 0 Å². The third-order valence-electron chi connectivity index (χ3n) is 3.85. The van der Waals surface area contributed by atoms with Gasteiger partial charge in [0.25, 0.3) is 0 Å². The van der Waals surface area contributed by atoms with E-state index in [1.54, 1.807) is 15.9 Å². The first-order valence-corrected chi connectivity index (χ1v) is 9.02. The minimum Gasteiger partial charge on any atom is -0.361 e. The molecule has 0 bridgehead atoms. The van der Waals surface area contributed by atoms with Crippen molar-refractivity contribution >= 4 is 43.4 Å². The lowest BCUT2D eigenvalue weighted by atomic mass is 10.3. The van der Waals surface area contributed by atoms with Crippen molar-refractivity contribution in [2.24, 2.45) is 0 Å². The molecule has 118 valence electrons. The predicted octanol–water partition coefficient (Wildman–Crippen LogP) is 3.55. The lowest BCUT2D eigenvalue weighted by Gasteiger charge is -2.13. The molecule has 0 spiro atoms. The Hall–Kier alpha value is -1.73. The molecule has 0 saturated heterocycles. The maximum atomic E-state index is 12.6. The fraction of sp³-hybridized carbons (Fsp3) is 0.312. The second-order valence-corrected chi connectivity index (χ2v) is 7.85. The highest BCUT2D eigenvalue weighted by molar-refractivity contribution is 9.10. The van der Waals surface area contributed by atoms with Crippen LogP contribution in [0.4, 0.5) is 5.82 Å². The van der Waals surface area contributed by atoms with Crippen LogP contribution in [0.3, 0.4) is 0 Å². The molecular weight excluding hydrogens is 376 g/mol. The van der Waals surface area contributed by atoms with Crippen LogP contribution in [0.15, 0.2) is 33.5 Å². The van der Waals surface area contributed by atoms with Crippen LogP contribution in [0.25, 0.3) is 16.0 Å². The lowest BCUT2D eigenvalue weighted by molar-refractivity contribution is 0.921.